The topological polar surface area (TPSA) is 27.7 Å². The summed E-state index contributed by atoms with van der Waals surface area (Å²) in [5.74, 6) is 1.53. The molecule has 1 aliphatic heterocycles. The lowest BCUT2D eigenvalue weighted by atomic mass is 9.78. The van der Waals surface area contributed by atoms with Crippen LogP contribution in [0.5, 0.6) is 0 Å². The van der Waals surface area contributed by atoms with Crippen LogP contribution in [-0.4, -0.2) is 31.7 Å². The summed E-state index contributed by atoms with van der Waals surface area (Å²) in [5.41, 5.74) is 1.24. The van der Waals surface area contributed by atoms with Crippen LogP contribution in [-0.2, 0) is 14.2 Å². The molecule has 0 radical (unpaired) electrons. The maximum absolute atomic E-state index is 14.5. The molecule has 3 fully saturated rings. The summed E-state index contributed by atoms with van der Waals surface area (Å²) in [6, 6.07) is 6.92. The third kappa shape index (κ3) is 6.83. The van der Waals surface area contributed by atoms with Crippen molar-refractivity contribution in [2.45, 2.75) is 89.1 Å². The van der Waals surface area contributed by atoms with E-state index < -0.39 is 18.5 Å². The van der Waals surface area contributed by atoms with Crippen LogP contribution in [0.25, 0.3) is 0 Å². The second kappa shape index (κ2) is 11.4. The Labute approximate surface area is 195 Å². The molecule has 3 nitrogen and oxygen atoms in total. The molecular formula is C27H37F3O3. The van der Waals surface area contributed by atoms with Crippen LogP contribution in [0, 0.1) is 23.6 Å². The van der Waals surface area contributed by atoms with Crippen LogP contribution < -0.4 is 0 Å². The Morgan fingerprint density at radius 1 is 0.879 bits per heavy atom. The van der Waals surface area contributed by atoms with Crippen LogP contribution in [0.1, 0.15) is 76.2 Å². The summed E-state index contributed by atoms with van der Waals surface area (Å²) < 4.78 is 57.7. The summed E-state index contributed by atoms with van der Waals surface area (Å²) >= 11 is 0. The van der Waals surface area contributed by atoms with Gasteiger partial charge in [0.15, 0.2) is 0 Å². The minimum absolute atomic E-state index is 0.178. The van der Waals surface area contributed by atoms with Gasteiger partial charge in [-0.3, -0.25) is 0 Å². The largest absolute Gasteiger partial charge is 0.406 e. The molecule has 0 aromatic heterocycles. The van der Waals surface area contributed by atoms with Crippen LogP contribution in [0.4, 0.5) is 13.2 Å². The Kier molecular flexibility index (Phi) is 8.53. The van der Waals surface area contributed by atoms with Gasteiger partial charge in [0, 0.05) is 5.92 Å². The van der Waals surface area contributed by atoms with E-state index in [1.54, 1.807) is 12.1 Å². The van der Waals surface area contributed by atoms with Crippen molar-refractivity contribution < 1.29 is 27.4 Å². The molecule has 33 heavy (non-hydrogen) atoms. The van der Waals surface area contributed by atoms with Crippen molar-refractivity contribution in [1.29, 1.82) is 0 Å². The van der Waals surface area contributed by atoms with E-state index in [2.05, 4.69) is 12.2 Å². The Morgan fingerprint density at radius 2 is 1.42 bits per heavy atom. The minimum atomic E-state index is -3.41. The first-order chi connectivity index (χ1) is 15.9. The van der Waals surface area contributed by atoms with Gasteiger partial charge in [0.2, 0.25) is 0 Å². The molecule has 6 heteroatoms. The molecule has 0 unspecified atom stereocenters. The van der Waals surface area contributed by atoms with E-state index in [-0.39, 0.29) is 11.7 Å². The fourth-order valence-corrected chi connectivity index (χ4v) is 5.34. The van der Waals surface area contributed by atoms with Crippen molar-refractivity contribution >= 4 is 0 Å². The van der Waals surface area contributed by atoms with Crippen molar-refractivity contribution in [3.63, 3.8) is 0 Å². The smallest absolute Gasteiger partial charge is 0.345 e. The fourth-order valence-electron chi connectivity index (χ4n) is 5.34. The molecular weight excluding hydrogens is 429 g/mol. The molecule has 4 rings (SSSR count). The molecule has 0 atom stereocenters. The second-order valence-electron chi connectivity index (χ2n) is 10.0. The van der Waals surface area contributed by atoms with E-state index in [0.717, 1.165) is 44.9 Å². The van der Waals surface area contributed by atoms with Gasteiger partial charge in [0.1, 0.15) is 5.82 Å². The van der Waals surface area contributed by atoms with Gasteiger partial charge in [-0.05, 0) is 93.2 Å². The quantitative estimate of drug-likeness (QED) is 0.397. The molecule has 184 valence electrons. The van der Waals surface area contributed by atoms with Crippen LogP contribution in [0.15, 0.2) is 36.4 Å². The molecule has 2 saturated carbocycles. The molecule has 1 heterocycles. The molecule has 1 aromatic rings. The zero-order chi connectivity index (χ0) is 23.3. The number of alkyl halides is 2. The van der Waals surface area contributed by atoms with Gasteiger partial charge in [0.05, 0.1) is 19.3 Å². The maximum Gasteiger partial charge on any atom is 0.406 e. The van der Waals surface area contributed by atoms with E-state index in [1.165, 1.54) is 5.56 Å². The first-order valence-electron chi connectivity index (χ1n) is 12.7. The van der Waals surface area contributed by atoms with Crippen LogP contribution >= 0.6 is 0 Å². The fraction of sp³-hybridized carbons (Fsp3) is 0.704. The highest BCUT2D eigenvalue weighted by molar-refractivity contribution is 5.21. The predicted molar refractivity (Wildman–Crippen MR) is 121 cm³/mol. The number of hydrogen-bond acceptors (Lipinski definition) is 3. The molecule has 0 bridgehead atoms. The van der Waals surface area contributed by atoms with Gasteiger partial charge in [-0.15, -0.1) is 0 Å². The normalized spacial score (nSPS) is 33.9. The monoisotopic (exact) mass is 466 g/mol. The minimum Gasteiger partial charge on any atom is -0.345 e. The number of rotatable bonds is 7. The number of hydrogen-bond donors (Lipinski definition) is 0. The first kappa shape index (κ1) is 24.7. The van der Waals surface area contributed by atoms with Gasteiger partial charge >= 0.3 is 6.11 Å². The highest BCUT2D eigenvalue weighted by Crippen LogP contribution is 2.38. The van der Waals surface area contributed by atoms with Crippen molar-refractivity contribution in [1.82, 2.24) is 0 Å². The van der Waals surface area contributed by atoms with Gasteiger partial charge in [-0.2, -0.15) is 8.78 Å². The molecule has 2 aliphatic carbocycles. The van der Waals surface area contributed by atoms with Gasteiger partial charge in [-0.1, -0.05) is 31.2 Å². The number of allylic oxidation sites excluding steroid dienone is 2. The van der Waals surface area contributed by atoms with Crippen molar-refractivity contribution in [3.05, 3.63) is 47.8 Å². The van der Waals surface area contributed by atoms with Crippen LogP contribution in [0.3, 0.4) is 0 Å². The maximum atomic E-state index is 14.5. The van der Waals surface area contributed by atoms with Gasteiger partial charge < -0.3 is 14.2 Å². The lowest BCUT2D eigenvalue weighted by Gasteiger charge is -2.36. The number of halogens is 3. The zero-order valence-corrected chi connectivity index (χ0v) is 19.6. The molecule has 0 amide bonds. The van der Waals surface area contributed by atoms with E-state index in [4.69, 9.17) is 14.2 Å². The predicted octanol–water partition coefficient (Wildman–Crippen LogP) is 7.22. The van der Waals surface area contributed by atoms with E-state index in [1.807, 2.05) is 19.1 Å². The van der Waals surface area contributed by atoms with Crippen molar-refractivity contribution in [2.75, 3.05) is 13.2 Å². The SMILES string of the molecule is CCC1COC(C(F)(F)OC2CCC(/C=C/C3CCC(c4ccc(F)cc4)CC3)CC2)OC1. The highest BCUT2D eigenvalue weighted by Gasteiger charge is 2.47. The Hall–Kier alpha value is -1.37. The Balaban J connectivity index is 1.16. The third-order valence-electron chi connectivity index (χ3n) is 7.63. The molecule has 3 aliphatic rings. The van der Waals surface area contributed by atoms with E-state index in [9.17, 15) is 13.2 Å². The average Bonchev–Trinajstić information content (AvgIpc) is 2.84. The van der Waals surface area contributed by atoms with Crippen LogP contribution in [0.2, 0.25) is 0 Å². The highest BCUT2D eigenvalue weighted by atomic mass is 19.3. The third-order valence-corrected chi connectivity index (χ3v) is 7.63. The summed E-state index contributed by atoms with van der Waals surface area (Å²) in [6.07, 6.45) is 7.58. The summed E-state index contributed by atoms with van der Waals surface area (Å²) in [6.45, 7) is 2.59. The molecule has 1 saturated heterocycles. The van der Waals surface area contributed by atoms with Gasteiger partial charge in [-0.25, -0.2) is 4.39 Å². The average molecular weight is 467 g/mol. The summed E-state index contributed by atoms with van der Waals surface area (Å²) in [7, 11) is 0. The zero-order valence-electron chi connectivity index (χ0n) is 19.6. The summed E-state index contributed by atoms with van der Waals surface area (Å²) in [5, 5.41) is 0. The number of ether oxygens (including phenoxy) is 3. The first-order valence-corrected chi connectivity index (χ1v) is 12.7. The second-order valence-corrected chi connectivity index (χ2v) is 10.0. The van der Waals surface area contributed by atoms with Gasteiger partial charge in [0.25, 0.3) is 6.29 Å². The lowest BCUT2D eigenvalue weighted by Crippen LogP contribution is -2.47. The Morgan fingerprint density at radius 3 is 1.97 bits per heavy atom. The Bertz CT molecular complexity index is 742. The van der Waals surface area contributed by atoms with E-state index >= 15 is 0 Å². The number of benzene rings is 1. The van der Waals surface area contributed by atoms with E-state index in [0.29, 0.717) is 43.8 Å². The van der Waals surface area contributed by atoms with Crippen molar-refractivity contribution in [3.8, 4) is 0 Å². The van der Waals surface area contributed by atoms with Crippen molar-refractivity contribution in [2.24, 2.45) is 17.8 Å². The molecule has 0 N–H and O–H groups in total. The molecule has 1 aromatic carbocycles. The summed E-state index contributed by atoms with van der Waals surface area (Å²) in [4.78, 5) is 0. The molecule has 0 spiro atoms. The lowest BCUT2D eigenvalue weighted by molar-refractivity contribution is -0.390. The standard InChI is InChI=1S/C27H37F3O3/c1-2-19-17-31-26(32-18-19)27(29,30)33-25-15-7-21(8-16-25)4-3-20-5-9-22(10-6-20)23-11-13-24(28)14-12-23/h3-4,11-14,19-22,25-26H,2,5-10,15-18H2,1H3/b4-3+.